The summed E-state index contributed by atoms with van der Waals surface area (Å²) in [4.78, 5) is 32.0. The highest BCUT2D eigenvalue weighted by Gasteiger charge is 2.37. The molecule has 8 heteroatoms. The van der Waals surface area contributed by atoms with Crippen molar-refractivity contribution in [1.29, 1.82) is 0 Å². The maximum atomic E-state index is 12.6. The molecule has 1 aromatic rings. The van der Waals surface area contributed by atoms with Crippen LogP contribution in [0.1, 0.15) is 17.4 Å². The molecule has 1 aliphatic heterocycles. The number of carbonyl (C=O) groups is 2. The van der Waals surface area contributed by atoms with Crippen LogP contribution in [0.25, 0.3) is 0 Å². The molecule has 1 aliphatic rings. The van der Waals surface area contributed by atoms with E-state index in [0.29, 0.717) is 18.2 Å². The van der Waals surface area contributed by atoms with Gasteiger partial charge in [0.25, 0.3) is 5.91 Å². The van der Waals surface area contributed by atoms with Crippen molar-refractivity contribution < 1.29 is 9.59 Å². The van der Waals surface area contributed by atoms with Crippen LogP contribution < -0.4 is 0 Å². The van der Waals surface area contributed by atoms with Gasteiger partial charge in [0.05, 0.1) is 10.9 Å². The fourth-order valence-corrected chi connectivity index (χ4v) is 3.44. The van der Waals surface area contributed by atoms with Crippen molar-refractivity contribution in [2.75, 3.05) is 25.2 Å². The lowest BCUT2D eigenvalue weighted by Crippen LogP contribution is -2.48. The van der Waals surface area contributed by atoms with Crippen LogP contribution in [0.15, 0.2) is 12.1 Å². The third kappa shape index (κ3) is 3.44. The van der Waals surface area contributed by atoms with Gasteiger partial charge in [-0.1, -0.05) is 23.2 Å². The maximum Gasteiger partial charge on any atom is 0.275 e. The first-order valence-corrected chi connectivity index (χ1v) is 8.32. The second kappa shape index (κ2) is 6.85. The van der Waals surface area contributed by atoms with E-state index in [1.165, 1.54) is 28.8 Å². The Morgan fingerprint density at radius 3 is 2.86 bits per heavy atom. The topological polar surface area (TPSA) is 53.5 Å². The molecular formula is C13H15Cl2N3O2S. The number of thioether (sulfide) groups is 1. The fraction of sp³-hybridized carbons (Fsp3) is 0.462. The second-order valence-corrected chi connectivity index (χ2v) is 6.40. The monoisotopic (exact) mass is 347 g/mol. The zero-order valence-electron chi connectivity index (χ0n) is 11.7. The summed E-state index contributed by atoms with van der Waals surface area (Å²) >= 11 is 13.4. The highest BCUT2D eigenvalue weighted by molar-refractivity contribution is 7.99. The molecule has 2 rings (SSSR count). The molecule has 5 nitrogen and oxygen atoms in total. The van der Waals surface area contributed by atoms with E-state index < -0.39 is 6.04 Å². The number of nitrogens with zero attached hydrogens (tertiary/aromatic N) is 3. The Hall–Kier alpha value is -0.980. The Bertz CT molecular complexity index is 570. The average Bonchev–Trinajstić information content (AvgIpc) is 2.96. The van der Waals surface area contributed by atoms with Crippen molar-refractivity contribution in [3.8, 4) is 0 Å². The maximum absolute atomic E-state index is 12.6. The summed E-state index contributed by atoms with van der Waals surface area (Å²) in [5, 5.41) is 0.430. The first-order valence-electron chi connectivity index (χ1n) is 6.41. The lowest BCUT2D eigenvalue weighted by atomic mass is 10.2. The lowest BCUT2D eigenvalue weighted by Gasteiger charge is -2.26. The largest absolute Gasteiger partial charge is 0.344 e. The molecule has 114 valence electrons. The molecule has 0 saturated carbocycles. The van der Waals surface area contributed by atoms with E-state index in [9.17, 15) is 9.59 Å². The normalized spacial score (nSPS) is 17.9. The van der Waals surface area contributed by atoms with Gasteiger partial charge in [0.2, 0.25) is 5.91 Å². The van der Waals surface area contributed by atoms with Crippen molar-refractivity contribution in [2.24, 2.45) is 0 Å². The molecule has 0 bridgehead atoms. The molecule has 0 N–H and O–H groups in total. The van der Waals surface area contributed by atoms with Crippen molar-refractivity contribution in [1.82, 2.24) is 14.8 Å². The van der Waals surface area contributed by atoms with E-state index >= 15 is 0 Å². The molecule has 21 heavy (non-hydrogen) atoms. The molecule has 1 atom stereocenters. The van der Waals surface area contributed by atoms with Gasteiger partial charge in [-0.3, -0.25) is 9.59 Å². The van der Waals surface area contributed by atoms with Crippen molar-refractivity contribution in [3.63, 3.8) is 0 Å². The van der Waals surface area contributed by atoms with E-state index in [-0.39, 0.29) is 27.7 Å². The minimum Gasteiger partial charge on any atom is -0.344 e. The van der Waals surface area contributed by atoms with Gasteiger partial charge in [-0.25, -0.2) is 4.98 Å². The van der Waals surface area contributed by atoms with E-state index in [1.807, 2.05) is 6.92 Å². The van der Waals surface area contributed by atoms with Crippen LogP contribution in [-0.4, -0.2) is 57.9 Å². The first-order chi connectivity index (χ1) is 9.95. The summed E-state index contributed by atoms with van der Waals surface area (Å²) in [6.45, 7) is 2.49. The van der Waals surface area contributed by atoms with E-state index in [1.54, 1.807) is 11.9 Å². The molecule has 1 saturated heterocycles. The van der Waals surface area contributed by atoms with Crippen molar-refractivity contribution in [3.05, 3.63) is 28.0 Å². The summed E-state index contributed by atoms with van der Waals surface area (Å²) in [5.41, 5.74) is 0.0867. The number of hydrogen-bond acceptors (Lipinski definition) is 4. The van der Waals surface area contributed by atoms with E-state index in [2.05, 4.69) is 4.98 Å². The number of likely N-dealkylation sites (N-methyl/N-ethyl adjacent to an activating group) is 1. The zero-order chi connectivity index (χ0) is 15.6. The predicted octanol–water partition coefficient (Wildman–Crippen LogP) is 2.38. The van der Waals surface area contributed by atoms with Crippen LogP contribution in [0.5, 0.6) is 0 Å². The highest BCUT2D eigenvalue weighted by atomic mass is 35.5. The van der Waals surface area contributed by atoms with Crippen molar-refractivity contribution in [2.45, 2.75) is 13.0 Å². The molecule has 1 unspecified atom stereocenters. The summed E-state index contributed by atoms with van der Waals surface area (Å²) in [7, 11) is 1.72. The Morgan fingerprint density at radius 2 is 2.19 bits per heavy atom. The first kappa shape index (κ1) is 16.4. The smallest absolute Gasteiger partial charge is 0.275 e. The molecule has 0 spiro atoms. The average molecular weight is 348 g/mol. The van der Waals surface area contributed by atoms with Gasteiger partial charge < -0.3 is 9.80 Å². The second-order valence-electron chi connectivity index (χ2n) is 4.61. The molecule has 2 heterocycles. The number of halogens is 2. The molecule has 1 aromatic heterocycles. The molecule has 0 aromatic carbocycles. The standard InChI is InChI=1S/C13H15Cl2N3O2S/c1-3-17(2)12(19)9-6-21-7-18(9)13(20)11-8(14)4-5-10(15)16-11/h4-5,9H,3,6-7H2,1-2H3. The summed E-state index contributed by atoms with van der Waals surface area (Å²) in [6, 6.07) is 2.57. The summed E-state index contributed by atoms with van der Waals surface area (Å²) in [6.07, 6.45) is 0. The van der Waals surface area contributed by atoms with E-state index in [4.69, 9.17) is 23.2 Å². The number of carbonyl (C=O) groups excluding carboxylic acids is 2. The minimum absolute atomic E-state index is 0.0750. The van der Waals surface area contributed by atoms with Gasteiger partial charge in [0.15, 0.2) is 0 Å². The number of hydrogen-bond donors (Lipinski definition) is 0. The predicted molar refractivity (Wildman–Crippen MR) is 84.9 cm³/mol. The molecule has 1 fully saturated rings. The summed E-state index contributed by atoms with van der Waals surface area (Å²) < 4.78 is 0. The summed E-state index contributed by atoms with van der Waals surface area (Å²) in [5.74, 6) is 0.578. The third-order valence-electron chi connectivity index (χ3n) is 3.29. The van der Waals surface area contributed by atoms with Crippen LogP contribution in [0, 0.1) is 0 Å². The minimum atomic E-state index is -0.482. The SMILES string of the molecule is CCN(C)C(=O)C1CSCN1C(=O)c1nc(Cl)ccc1Cl. The lowest BCUT2D eigenvalue weighted by molar-refractivity contribution is -0.133. The zero-order valence-corrected chi connectivity index (χ0v) is 14.0. The Morgan fingerprint density at radius 1 is 1.48 bits per heavy atom. The Balaban J connectivity index is 2.25. The van der Waals surface area contributed by atoms with Gasteiger partial charge in [0, 0.05) is 19.3 Å². The molecule has 2 amide bonds. The van der Waals surface area contributed by atoms with Crippen LogP contribution in [0.2, 0.25) is 10.2 Å². The van der Waals surface area contributed by atoms with Crippen molar-refractivity contribution >= 4 is 46.8 Å². The number of amides is 2. The van der Waals surface area contributed by atoms with Gasteiger partial charge in [-0.15, -0.1) is 11.8 Å². The van der Waals surface area contributed by atoms with Crippen LogP contribution in [0.4, 0.5) is 0 Å². The van der Waals surface area contributed by atoms with Gasteiger partial charge in [0.1, 0.15) is 16.9 Å². The quantitative estimate of drug-likeness (QED) is 0.787. The number of aromatic nitrogens is 1. The van der Waals surface area contributed by atoms with Gasteiger partial charge in [-0.2, -0.15) is 0 Å². The van der Waals surface area contributed by atoms with Gasteiger partial charge >= 0.3 is 0 Å². The Labute approximate surface area is 137 Å². The molecule has 0 aliphatic carbocycles. The number of rotatable bonds is 3. The fourth-order valence-electron chi connectivity index (χ4n) is 1.96. The number of pyridine rings is 1. The van der Waals surface area contributed by atoms with Crippen LogP contribution in [0.3, 0.4) is 0 Å². The van der Waals surface area contributed by atoms with Gasteiger partial charge in [-0.05, 0) is 19.1 Å². The van der Waals surface area contributed by atoms with Crippen LogP contribution >= 0.6 is 35.0 Å². The van der Waals surface area contributed by atoms with Crippen LogP contribution in [-0.2, 0) is 4.79 Å². The highest BCUT2D eigenvalue weighted by Crippen LogP contribution is 2.26. The molecule has 0 radical (unpaired) electrons. The van der Waals surface area contributed by atoms with E-state index in [0.717, 1.165) is 0 Å². The molecular weight excluding hydrogens is 333 g/mol. The Kier molecular flexibility index (Phi) is 5.35. The third-order valence-corrected chi connectivity index (χ3v) is 4.82.